The lowest BCUT2D eigenvalue weighted by atomic mass is 10.1. The number of nitrogens with one attached hydrogen (secondary N) is 1. The molecule has 2 heterocycles. The van der Waals surface area contributed by atoms with Gasteiger partial charge in [0.25, 0.3) is 0 Å². The van der Waals surface area contributed by atoms with Crippen LogP contribution in [0.3, 0.4) is 0 Å². The zero-order valence-corrected chi connectivity index (χ0v) is 7.70. The van der Waals surface area contributed by atoms with E-state index < -0.39 is 0 Å². The van der Waals surface area contributed by atoms with E-state index >= 15 is 0 Å². The van der Waals surface area contributed by atoms with Crippen LogP contribution in [-0.4, -0.2) is 49.8 Å². The first kappa shape index (κ1) is 8.95. The maximum absolute atomic E-state index is 8.95. The van der Waals surface area contributed by atoms with Crippen molar-refractivity contribution in [3.8, 4) is 6.07 Å². The van der Waals surface area contributed by atoms with Crippen molar-refractivity contribution < 1.29 is 4.74 Å². The lowest BCUT2D eigenvalue weighted by molar-refractivity contribution is 0.111. The van der Waals surface area contributed by atoms with Gasteiger partial charge in [0.15, 0.2) is 0 Å². The Morgan fingerprint density at radius 3 is 3.15 bits per heavy atom. The Kier molecular flexibility index (Phi) is 2.79. The molecule has 2 rings (SSSR count). The van der Waals surface area contributed by atoms with E-state index in [0.717, 1.165) is 39.3 Å². The highest BCUT2D eigenvalue weighted by Gasteiger charge is 2.30. The summed E-state index contributed by atoms with van der Waals surface area (Å²) >= 11 is 0. The molecule has 2 atom stereocenters. The molecule has 13 heavy (non-hydrogen) atoms. The van der Waals surface area contributed by atoms with Crippen molar-refractivity contribution in [1.29, 1.82) is 5.26 Å². The largest absolute Gasteiger partial charge is 0.380 e. The molecule has 0 amide bonds. The quantitative estimate of drug-likeness (QED) is 0.596. The first-order valence-electron chi connectivity index (χ1n) is 4.85. The molecule has 0 aromatic carbocycles. The standard InChI is InChI=1S/C9H15N3O/c10-5-9-6-11-2-3-12(9)8-1-4-13-7-8/h8-9,11H,1-4,6-7H2. The van der Waals surface area contributed by atoms with Crippen molar-refractivity contribution >= 4 is 0 Å². The maximum Gasteiger partial charge on any atom is 0.111 e. The second kappa shape index (κ2) is 4.05. The highest BCUT2D eigenvalue weighted by molar-refractivity contribution is 4.99. The average molecular weight is 181 g/mol. The first-order chi connectivity index (χ1) is 6.42. The van der Waals surface area contributed by atoms with Gasteiger partial charge in [-0.05, 0) is 6.42 Å². The van der Waals surface area contributed by atoms with Crippen LogP contribution in [0.4, 0.5) is 0 Å². The van der Waals surface area contributed by atoms with Crippen molar-refractivity contribution in [3.63, 3.8) is 0 Å². The molecule has 0 saturated carbocycles. The molecular formula is C9H15N3O. The van der Waals surface area contributed by atoms with Crippen molar-refractivity contribution in [2.24, 2.45) is 0 Å². The number of hydrogen-bond acceptors (Lipinski definition) is 4. The summed E-state index contributed by atoms with van der Waals surface area (Å²) in [6, 6.07) is 2.86. The summed E-state index contributed by atoms with van der Waals surface area (Å²) in [5, 5.41) is 12.2. The number of hydrogen-bond donors (Lipinski definition) is 1. The Balaban J connectivity index is 1.98. The third-order valence-corrected chi connectivity index (χ3v) is 2.81. The Morgan fingerprint density at radius 2 is 2.46 bits per heavy atom. The molecule has 2 fully saturated rings. The SMILES string of the molecule is N#CC1CNCCN1C1CCOC1. The van der Waals surface area contributed by atoms with E-state index in [1.165, 1.54) is 0 Å². The molecule has 2 aliphatic rings. The zero-order chi connectivity index (χ0) is 9.10. The minimum Gasteiger partial charge on any atom is -0.380 e. The summed E-state index contributed by atoms with van der Waals surface area (Å²) in [5.41, 5.74) is 0. The number of piperazine rings is 1. The molecule has 0 aromatic rings. The molecule has 1 N–H and O–H groups in total. The van der Waals surface area contributed by atoms with Gasteiger partial charge in [-0.2, -0.15) is 5.26 Å². The summed E-state index contributed by atoms with van der Waals surface area (Å²) < 4.78 is 5.33. The van der Waals surface area contributed by atoms with E-state index in [2.05, 4.69) is 16.3 Å². The normalized spacial score (nSPS) is 35.9. The highest BCUT2D eigenvalue weighted by atomic mass is 16.5. The summed E-state index contributed by atoms with van der Waals surface area (Å²) in [6.07, 6.45) is 1.08. The van der Waals surface area contributed by atoms with E-state index in [-0.39, 0.29) is 6.04 Å². The fourth-order valence-electron chi connectivity index (χ4n) is 2.06. The van der Waals surface area contributed by atoms with E-state index in [0.29, 0.717) is 6.04 Å². The highest BCUT2D eigenvalue weighted by Crippen LogP contribution is 2.16. The molecule has 0 aliphatic carbocycles. The van der Waals surface area contributed by atoms with E-state index in [1.54, 1.807) is 0 Å². The molecule has 0 bridgehead atoms. The Labute approximate surface area is 78.5 Å². The number of ether oxygens (including phenoxy) is 1. The maximum atomic E-state index is 8.95. The Morgan fingerprint density at radius 1 is 1.54 bits per heavy atom. The van der Waals surface area contributed by atoms with Gasteiger partial charge in [-0.15, -0.1) is 0 Å². The third kappa shape index (κ3) is 1.83. The lowest BCUT2D eigenvalue weighted by Crippen LogP contribution is -2.54. The number of nitriles is 1. The van der Waals surface area contributed by atoms with Crippen LogP contribution in [0.1, 0.15) is 6.42 Å². The van der Waals surface area contributed by atoms with Crippen LogP contribution in [0, 0.1) is 11.3 Å². The van der Waals surface area contributed by atoms with Crippen LogP contribution in [-0.2, 0) is 4.74 Å². The lowest BCUT2D eigenvalue weighted by Gasteiger charge is -2.35. The monoisotopic (exact) mass is 181 g/mol. The smallest absolute Gasteiger partial charge is 0.111 e. The summed E-state index contributed by atoms with van der Waals surface area (Å²) in [4.78, 5) is 2.28. The molecule has 0 aromatic heterocycles. The van der Waals surface area contributed by atoms with Crippen molar-refractivity contribution in [2.45, 2.75) is 18.5 Å². The summed E-state index contributed by atoms with van der Waals surface area (Å²) in [7, 11) is 0. The van der Waals surface area contributed by atoms with Gasteiger partial charge >= 0.3 is 0 Å². The van der Waals surface area contributed by atoms with Crippen LogP contribution < -0.4 is 5.32 Å². The topological polar surface area (TPSA) is 48.3 Å². The van der Waals surface area contributed by atoms with Crippen LogP contribution in [0.25, 0.3) is 0 Å². The van der Waals surface area contributed by atoms with Crippen molar-refractivity contribution in [3.05, 3.63) is 0 Å². The molecule has 0 radical (unpaired) electrons. The van der Waals surface area contributed by atoms with Gasteiger partial charge in [0.1, 0.15) is 6.04 Å². The van der Waals surface area contributed by atoms with E-state index in [1.807, 2.05) is 0 Å². The second-order valence-corrected chi connectivity index (χ2v) is 3.60. The first-order valence-corrected chi connectivity index (χ1v) is 4.85. The molecule has 2 unspecified atom stereocenters. The van der Waals surface area contributed by atoms with Gasteiger partial charge in [0.2, 0.25) is 0 Å². The van der Waals surface area contributed by atoms with Crippen LogP contribution in [0.2, 0.25) is 0 Å². The molecular weight excluding hydrogens is 166 g/mol. The minimum atomic E-state index is 0.0421. The summed E-state index contributed by atoms with van der Waals surface area (Å²) in [6.45, 7) is 4.43. The minimum absolute atomic E-state index is 0.0421. The van der Waals surface area contributed by atoms with Gasteiger partial charge in [0, 0.05) is 32.3 Å². The van der Waals surface area contributed by atoms with Gasteiger partial charge in [0.05, 0.1) is 12.7 Å². The molecule has 4 heteroatoms. The van der Waals surface area contributed by atoms with Gasteiger partial charge in [-0.1, -0.05) is 0 Å². The average Bonchev–Trinajstić information content (AvgIpc) is 2.70. The molecule has 4 nitrogen and oxygen atoms in total. The predicted octanol–water partition coefficient (Wildman–Crippen LogP) is -0.427. The fourth-order valence-corrected chi connectivity index (χ4v) is 2.06. The second-order valence-electron chi connectivity index (χ2n) is 3.60. The van der Waals surface area contributed by atoms with Crippen LogP contribution >= 0.6 is 0 Å². The van der Waals surface area contributed by atoms with E-state index in [9.17, 15) is 0 Å². The fraction of sp³-hybridized carbons (Fsp3) is 0.889. The predicted molar refractivity (Wildman–Crippen MR) is 48.2 cm³/mol. The molecule has 0 spiro atoms. The van der Waals surface area contributed by atoms with Crippen molar-refractivity contribution in [1.82, 2.24) is 10.2 Å². The van der Waals surface area contributed by atoms with Gasteiger partial charge in [-0.3, -0.25) is 4.90 Å². The Hall–Kier alpha value is -0.630. The van der Waals surface area contributed by atoms with Crippen LogP contribution in [0.15, 0.2) is 0 Å². The molecule has 72 valence electrons. The molecule has 2 aliphatic heterocycles. The number of nitrogens with zero attached hydrogens (tertiary/aromatic N) is 2. The van der Waals surface area contributed by atoms with Crippen molar-refractivity contribution in [2.75, 3.05) is 32.8 Å². The third-order valence-electron chi connectivity index (χ3n) is 2.81. The van der Waals surface area contributed by atoms with E-state index in [4.69, 9.17) is 10.00 Å². The summed E-state index contributed by atoms with van der Waals surface area (Å²) in [5.74, 6) is 0. The zero-order valence-electron chi connectivity index (χ0n) is 7.70. The van der Waals surface area contributed by atoms with Gasteiger partial charge < -0.3 is 10.1 Å². The van der Waals surface area contributed by atoms with Crippen LogP contribution in [0.5, 0.6) is 0 Å². The Bertz CT molecular complexity index is 207. The van der Waals surface area contributed by atoms with Gasteiger partial charge in [-0.25, -0.2) is 0 Å². The number of rotatable bonds is 1. The molecule has 2 saturated heterocycles.